The molecule has 0 fully saturated rings. The number of rotatable bonds is 1. The van der Waals surface area contributed by atoms with Crippen LogP contribution in [0.2, 0.25) is 5.02 Å². The van der Waals surface area contributed by atoms with Crippen LogP contribution in [0.4, 0.5) is 5.95 Å². The molecular formula is C10H10ClN5OS. The molecule has 6 nitrogen and oxygen atoms in total. The van der Waals surface area contributed by atoms with Gasteiger partial charge in [0.15, 0.2) is 0 Å². The first-order chi connectivity index (χ1) is 8.68. The quantitative estimate of drug-likeness (QED) is 0.800. The van der Waals surface area contributed by atoms with Crippen LogP contribution < -0.4 is 4.90 Å². The fourth-order valence-corrected chi connectivity index (χ4v) is 3.13. The smallest absolute Gasteiger partial charge is 0.272 e. The van der Waals surface area contributed by atoms with E-state index in [2.05, 4.69) is 15.5 Å². The third-order valence-electron chi connectivity index (χ3n) is 2.84. The second-order valence-electron chi connectivity index (χ2n) is 4.07. The van der Waals surface area contributed by atoms with Gasteiger partial charge in [-0.15, -0.1) is 11.3 Å². The van der Waals surface area contributed by atoms with E-state index in [9.17, 15) is 4.79 Å². The largest absolute Gasteiger partial charge is 0.275 e. The molecule has 0 unspecified atom stereocenters. The zero-order valence-electron chi connectivity index (χ0n) is 9.63. The Morgan fingerprint density at radius 3 is 3.06 bits per heavy atom. The number of aromatic nitrogens is 4. The molecule has 2 aromatic rings. The van der Waals surface area contributed by atoms with Crippen LogP contribution in [0.1, 0.15) is 21.7 Å². The molecule has 0 N–H and O–H groups in total. The van der Waals surface area contributed by atoms with Crippen LogP contribution in [0.25, 0.3) is 0 Å². The first-order valence-electron chi connectivity index (χ1n) is 5.50. The van der Waals surface area contributed by atoms with Crippen LogP contribution in [0.15, 0.2) is 5.38 Å². The van der Waals surface area contributed by atoms with Crippen molar-refractivity contribution in [2.75, 3.05) is 11.4 Å². The third kappa shape index (κ3) is 1.70. The summed E-state index contributed by atoms with van der Waals surface area (Å²) < 4.78 is 1.63. The normalized spacial score (nSPS) is 14.7. The number of hydrogen-bond donors (Lipinski definition) is 0. The van der Waals surface area contributed by atoms with E-state index in [0.29, 0.717) is 22.4 Å². The molecule has 3 heterocycles. The third-order valence-corrected chi connectivity index (χ3v) is 4.53. The number of nitrogens with zero attached hydrogens (tertiary/aromatic N) is 5. The summed E-state index contributed by atoms with van der Waals surface area (Å²) >= 11 is 7.48. The minimum Gasteiger partial charge on any atom is -0.275 e. The van der Waals surface area contributed by atoms with Crippen molar-refractivity contribution in [2.24, 2.45) is 0 Å². The van der Waals surface area contributed by atoms with Crippen LogP contribution in [0.5, 0.6) is 0 Å². The number of carbonyl (C=O) groups excluding carboxylic acids is 1. The SMILES string of the molecule is Cc1csc(C(=O)N2CCCn3nnnc32)c1Cl. The lowest BCUT2D eigenvalue weighted by Gasteiger charge is -2.24. The number of carbonyl (C=O) groups is 1. The van der Waals surface area contributed by atoms with Gasteiger partial charge in [-0.05, 0) is 34.7 Å². The van der Waals surface area contributed by atoms with Gasteiger partial charge in [-0.3, -0.25) is 9.69 Å². The number of fused-ring (bicyclic) bond motifs is 1. The Bertz CT molecular complexity index is 607. The zero-order chi connectivity index (χ0) is 12.7. The van der Waals surface area contributed by atoms with Crippen molar-refractivity contribution >= 4 is 34.8 Å². The topological polar surface area (TPSA) is 63.9 Å². The lowest BCUT2D eigenvalue weighted by atomic mass is 10.3. The molecule has 0 radical (unpaired) electrons. The van der Waals surface area contributed by atoms with Crippen LogP contribution >= 0.6 is 22.9 Å². The molecule has 1 amide bonds. The first-order valence-corrected chi connectivity index (χ1v) is 6.76. The molecule has 0 saturated carbocycles. The first kappa shape index (κ1) is 11.6. The monoisotopic (exact) mass is 283 g/mol. The summed E-state index contributed by atoms with van der Waals surface area (Å²) in [6.45, 7) is 3.24. The number of thiophene rings is 1. The van der Waals surface area contributed by atoms with Crippen molar-refractivity contribution in [2.45, 2.75) is 19.9 Å². The summed E-state index contributed by atoms with van der Waals surface area (Å²) in [6, 6.07) is 0. The van der Waals surface area contributed by atoms with Gasteiger partial charge in [-0.1, -0.05) is 16.7 Å². The predicted octanol–water partition coefficient (Wildman–Crippen LogP) is 1.75. The maximum atomic E-state index is 12.4. The van der Waals surface area contributed by atoms with Crippen LogP contribution in [0, 0.1) is 6.92 Å². The molecule has 0 bridgehead atoms. The van der Waals surface area contributed by atoms with E-state index in [-0.39, 0.29) is 5.91 Å². The minimum atomic E-state index is -0.131. The zero-order valence-corrected chi connectivity index (χ0v) is 11.2. The molecule has 0 saturated heterocycles. The Morgan fingerprint density at radius 1 is 1.50 bits per heavy atom. The van der Waals surface area contributed by atoms with Crippen LogP contribution in [-0.4, -0.2) is 32.7 Å². The molecular weight excluding hydrogens is 274 g/mol. The van der Waals surface area contributed by atoms with Gasteiger partial charge >= 0.3 is 0 Å². The van der Waals surface area contributed by atoms with E-state index < -0.39 is 0 Å². The van der Waals surface area contributed by atoms with Crippen molar-refractivity contribution < 1.29 is 4.79 Å². The summed E-state index contributed by atoms with van der Waals surface area (Å²) in [5, 5.41) is 13.7. The Labute approximate surface area is 112 Å². The van der Waals surface area contributed by atoms with Gasteiger partial charge in [0, 0.05) is 13.1 Å². The number of aryl methyl sites for hydroxylation is 2. The molecule has 94 valence electrons. The Balaban J connectivity index is 1.98. The molecule has 18 heavy (non-hydrogen) atoms. The fourth-order valence-electron chi connectivity index (χ4n) is 1.91. The molecule has 3 rings (SSSR count). The summed E-state index contributed by atoms with van der Waals surface area (Å²) in [6.07, 6.45) is 0.839. The maximum absolute atomic E-state index is 12.4. The van der Waals surface area contributed by atoms with Crippen molar-refractivity contribution in [3.63, 3.8) is 0 Å². The molecule has 1 aliphatic heterocycles. The van der Waals surface area contributed by atoms with E-state index in [0.717, 1.165) is 18.5 Å². The molecule has 1 aliphatic rings. The molecule has 0 aromatic carbocycles. The Morgan fingerprint density at radius 2 is 2.33 bits per heavy atom. The summed E-state index contributed by atoms with van der Waals surface area (Å²) in [5.41, 5.74) is 0.918. The van der Waals surface area contributed by atoms with Gasteiger partial charge in [0.2, 0.25) is 0 Å². The average molecular weight is 284 g/mol. The van der Waals surface area contributed by atoms with Crippen molar-refractivity contribution in [3.8, 4) is 0 Å². The van der Waals surface area contributed by atoms with Gasteiger partial charge in [0.05, 0.1) is 5.02 Å². The molecule has 0 atom stereocenters. The standard InChI is InChI=1S/C10H10ClN5OS/c1-6-5-18-8(7(6)11)9(17)15-3-2-4-16-10(15)12-13-14-16/h5H,2-4H2,1H3. The number of amides is 1. The lowest BCUT2D eigenvalue weighted by molar-refractivity contribution is 0.0984. The van der Waals surface area contributed by atoms with Gasteiger partial charge in [0.25, 0.3) is 11.9 Å². The summed E-state index contributed by atoms with van der Waals surface area (Å²) in [5.74, 6) is 0.363. The van der Waals surface area contributed by atoms with Gasteiger partial charge < -0.3 is 0 Å². The highest BCUT2D eigenvalue weighted by Gasteiger charge is 2.28. The van der Waals surface area contributed by atoms with E-state index in [1.165, 1.54) is 11.3 Å². The number of halogens is 1. The Hall–Kier alpha value is -1.47. The summed E-state index contributed by atoms with van der Waals surface area (Å²) in [4.78, 5) is 14.6. The minimum absolute atomic E-state index is 0.131. The lowest BCUT2D eigenvalue weighted by Crippen LogP contribution is -2.37. The second kappa shape index (κ2) is 4.33. The average Bonchev–Trinajstić information content (AvgIpc) is 2.96. The number of tetrazole rings is 1. The highest BCUT2D eigenvalue weighted by atomic mass is 35.5. The molecule has 0 aliphatic carbocycles. The van der Waals surface area contributed by atoms with Gasteiger partial charge in [-0.25, -0.2) is 4.68 Å². The molecule has 8 heteroatoms. The van der Waals surface area contributed by atoms with Gasteiger partial charge in [0.1, 0.15) is 4.88 Å². The van der Waals surface area contributed by atoms with E-state index in [1.807, 2.05) is 12.3 Å². The number of anilines is 1. The Kier molecular flexibility index (Phi) is 2.79. The van der Waals surface area contributed by atoms with E-state index >= 15 is 0 Å². The molecule has 0 spiro atoms. The maximum Gasteiger partial charge on any atom is 0.272 e. The van der Waals surface area contributed by atoms with Gasteiger partial charge in [-0.2, -0.15) is 0 Å². The van der Waals surface area contributed by atoms with Crippen molar-refractivity contribution in [1.82, 2.24) is 20.2 Å². The second-order valence-corrected chi connectivity index (χ2v) is 5.33. The van der Waals surface area contributed by atoms with Crippen molar-refractivity contribution in [1.29, 1.82) is 0 Å². The van der Waals surface area contributed by atoms with E-state index in [1.54, 1.807) is 9.58 Å². The van der Waals surface area contributed by atoms with Crippen LogP contribution in [-0.2, 0) is 6.54 Å². The highest BCUT2D eigenvalue weighted by molar-refractivity contribution is 7.13. The molecule has 2 aromatic heterocycles. The predicted molar refractivity (Wildman–Crippen MR) is 68.2 cm³/mol. The van der Waals surface area contributed by atoms with Crippen LogP contribution in [0.3, 0.4) is 0 Å². The fraction of sp³-hybridized carbons (Fsp3) is 0.400. The summed E-state index contributed by atoms with van der Waals surface area (Å²) in [7, 11) is 0. The van der Waals surface area contributed by atoms with Crippen molar-refractivity contribution in [3.05, 3.63) is 20.8 Å². The number of hydrogen-bond acceptors (Lipinski definition) is 5. The highest BCUT2D eigenvalue weighted by Crippen LogP contribution is 2.30. The van der Waals surface area contributed by atoms with E-state index in [4.69, 9.17) is 11.6 Å².